The number of nitrogens with one attached hydrogen (secondary N) is 2. The van der Waals surface area contributed by atoms with Crippen molar-refractivity contribution in [2.24, 2.45) is 0 Å². The molecule has 7 heteroatoms. The van der Waals surface area contributed by atoms with Crippen molar-refractivity contribution < 1.29 is 24.1 Å². The first kappa shape index (κ1) is 14.1. The lowest BCUT2D eigenvalue weighted by molar-refractivity contribution is 0.0184. The van der Waals surface area contributed by atoms with Crippen LogP contribution >= 0.6 is 0 Å². The van der Waals surface area contributed by atoms with Crippen molar-refractivity contribution in [3.05, 3.63) is 0 Å². The number of carbonyl (C=O) groups excluding carboxylic acids is 1. The molecule has 0 fully saturated rings. The smallest absolute Gasteiger partial charge is 0.421 e. The van der Waals surface area contributed by atoms with E-state index in [-0.39, 0.29) is 13.2 Å². The Bertz CT molecular complexity index is 156. The predicted molar refractivity (Wildman–Crippen MR) is 52.3 cm³/mol. The maximum atomic E-state index is 10.7. The zero-order valence-corrected chi connectivity index (χ0v) is 8.82. The Morgan fingerprint density at radius 1 is 1.13 bits per heavy atom. The summed E-state index contributed by atoms with van der Waals surface area (Å²) in [4.78, 5) is 10.7. The number of aliphatic hydroxyl groups excluding tert-OH is 1. The van der Waals surface area contributed by atoms with Gasteiger partial charge in [0.15, 0.2) is 0 Å². The molecule has 0 atom stereocenters. The normalized spacial score (nSPS) is 10.0. The van der Waals surface area contributed by atoms with Gasteiger partial charge in [0, 0.05) is 7.05 Å². The van der Waals surface area contributed by atoms with Gasteiger partial charge < -0.3 is 19.3 Å². The van der Waals surface area contributed by atoms with E-state index in [9.17, 15) is 4.79 Å². The van der Waals surface area contributed by atoms with Crippen molar-refractivity contribution in [1.82, 2.24) is 10.9 Å². The summed E-state index contributed by atoms with van der Waals surface area (Å²) in [6.07, 6.45) is -0.544. The standard InChI is InChI=1S/C8H18N2O5/c1-9-10-8(12)15-7-6-14-5-4-13-3-2-11/h9,11H,2-7H2,1H3,(H,10,12). The van der Waals surface area contributed by atoms with Crippen LogP contribution in [0, 0.1) is 0 Å². The molecule has 0 bridgehead atoms. The molecule has 1 amide bonds. The second-order valence-electron chi connectivity index (χ2n) is 2.46. The molecule has 7 nitrogen and oxygen atoms in total. The van der Waals surface area contributed by atoms with Gasteiger partial charge in [0.25, 0.3) is 0 Å². The van der Waals surface area contributed by atoms with Crippen LogP contribution in [0.25, 0.3) is 0 Å². The Labute approximate surface area is 88.7 Å². The van der Waals surface area contributed by atoms with E-state index in [4.69, 9.17) is 19.3 Å². The summed E-state index contributed by atoms with van der Waals surface area (Å²) in [6.45, 7) is 1.66. The van der Waals surface area contributed by atoms with E-state index in [1.54, 1.807) is 7.05 Å². The summed E-state index contributed by atoms with van der Waals surface area (Å²) >= 11 is 0. The van der Waals surface area contributed by atoms with E-state index in [0.717, 1.165) is 0 Å². The highest BCUT2D eigenvalue weighted by Crippen LogP contribution is 1.81. The van der Waals surface area contributed by atoms with Gasteiger partial charge in [-0.25, -0.2) is 10.2 Å². The number of ether oxygens (including phenoxy) is 3. The minimum absolute atomic E-state index is 0.00724. The number of rotatable bonds is 9. The lowest BCUT2D eigenvalue weighted by atomic mass is 10.7. The largest absolute Gasteiger partial charge is 0.446 e. The van der Waals surface area contributed by atoms with Crippen LogP contribution in [0.5, 0.6) is 0 Å². The Hall–Kier alpha value is -0.890. The van der Waals surface area contributed by atoms with Gasteiger partial charge in [0.1, 0.15) is 6.61 Å². The van der Waals surface area contributed by atoms with Gasteiger partial charge >= 0.3 is 6.09 Å². The van der Waals surface area contributed by atoms with Gasteiger partial charge in [-0.2, -0.15) is 0 Å². The topological polar surface area (TPSA) is 89.1 Å². The van der Waals surface area contributed by atoms with E-state index in [1.807, 2.05) is 0 Å². The second kappa shape index (κ2) is 11.2. The molecule has 0 aliphatic heterocycles. The Balaban J connectivity index is 3.01. The Morgan fingerprint density at radius 3 is 2.33 bits per heavy atom. The summed E-state index contributed by atoms with van der Waals surface area (Å²) in [5.74, 6) is 0. The molecular formula is C8H18N2O5. The predicted octanol–water partition coefficient (Wildman–Crippen LogP) is -1.13. The highest BCUT2D eigenvalue weighted by Gasteiger charge is 1.97. The van der Waals surface area contributed by atoms with Crippen LogP contribution in [0.15, 0.2) is 0 Å². The van der Waals surface area contributed by atoms with E-state index in [1.165, 1.54) is 0 Å². The lowest BCUT2D eigenvalue weighted by Crippen LogP contribution is -2.35. The quantitative estimate of drug-likeness (QED) is 0.338. The number of carbonyl (C=O) groups is 1. The second-order valence-corrected chi connectivity index (χ2v) is 2.46. The van der Waals surface area contributed by atoms with Gasteiger partial charge in [-0.15, -0.1) is 0 Å². The zero-order chi connectivity index (χ0) is 11.4. The molecule has 0 rings (SSSR count). The van der Waals surface area contributed by atoms with Gasteiger partial charge in [0.05, 0.1) is 33.0 Å². The van der Waals surface area contributed by atoms with Crippen LogP contribution in [0.1, 0.15) is 0 Å². The minimum Gasteiger partial charge on any atom is -0.446 e. The van der Waals surface area contributed by atoms with Crippen molar-refractivity contribution in [1.29, 1.82) is 0 Å². The number of aliphatic hydroxyl groups is 1. The Morgan fingerprint density at radius 2 is 1.73 bits per heavy atom. The van der Waals surface area contributed by atoms with Crippen LogP contribution in [-0.2, 0) is 14.2 Å². The summed E-state index contributed by atoms with van der Waals surface area (Å²) in [5, 5.41) is 8.38. The van der Waals surface area contributed by atoms with E-state index in [0.29, 0.717) is 26.4 Å². The van der Waals surface area contributed by atoms with Crippen LogP contribution < -0.4 is 10.9 Å². The molecule has 0 unspecified atom stereocenters. The molecule has 3 N–H and O–H groups in total. The third kappa shape index (κ3) is 11.0. The highest BCUT2D eigenvalue weighted by molar-refractivity contribution is 5.66. The first-order chi connectivity index (χ1) is 7.31. The van der Waals surface area contributed by atoms with Gasteiger partial charge in [-0.05, 0) is 0 Å². The fourth-order valence-corrected chi connectivity index (χ4v) is 0.718. The summed E-state index contributed by atoms with van der Waals surface area (Å²) in [7, 11) is 1.57. The molecule has 0 aromatic carbocycles. The first-order valence-electron chi connectivity index (χ1n) is 4.67. The van der Waals surface area contributed by atoms with Crippen LogP contribution in [0.3, 0.4) is 0 Å². The molecule has 0 spiro atoms. The van der Waals surface area contributed by atoms with Crippen molar-refractivity contribution >= 4 is 6.09 Å². The SMILES string of the molecule is CNNC(=O)OCCOCCOCCO. The molecule has 0 aliphatic carbocycles. The maximum absolute atomic E-state index is 10.7. The zero-order valence-electron chi connectivity index (χ0n) is 8.82. The summed E-state index contributed by atoms with van der Waals surface area (Å²) in [5.41, 5.74) is 4.68. The summed E-state index contributed by atoms with van der Waals surface area (Å²) < 4.78 is 14.7. The fourth-order valence-electron chi connectivity index (χ4n) is 0.718. The third-order valence-corrected chi connectivity index (χ3v) is 1.30. The van der Waals surface area contributed by atoms with E-state index in [2.05, 4.69) is 10.9 Å². The van der Waals surface area contributed by atoms with Crippen molar-refractivity contribution in [3.63, 3.8) is 0 Å². The average molecular weight is 222 g/mol. The molecule has 0 aromatic rings. The highest BCUT2D eigenvalue weighted by atomic mass is 16.6. The molecule has 15 heavy (non-hydrogen) atoms. The van der Waals surface area contributed by atoms with Gasteiger partial charge in [0.2, 0.25) is 0 Å². The fraction of sp³-hybridized carbons (Fsp3) is 0.875. The molecule has 0 saturated carbocycles. The number of amides is 1. The third-order valence-electron chi connectivity index (χ3n) is 1.30. The van der Waals surface area contributed by atoms with Gasteiger partial charge in [-0.1, -0.05) is 0 Å². The maximum Gasteiger partial charge on any atom is 0.421 e. The molecule has 0 radical (unpaired) electrons. The van der Waals surface area contributed by atoms with Crippen LogP contribution in [0.4, 0.5) is 4.79 Å². The van der Waals surface area contributed by atoms with Crippen molar-refractivity contribution in [2.45, 2.75) is 0 Å². The number of hydrogen-bond acceptors (Lipinski definition) is 6. The number of hydrazine groups is 1. The van der Waals surface area contributed by atoms with Gasteiger partial charge in [-0.3, -0.25) is 5.43 Å². The molecule has 0 aromatic heterocycles. The van der Waals surface area contributed by atoms with Crippen LogP contribution in [0.2, 0.25) is 0 Å². The minimum atomic E-state index is -0.544. The Kier molecular flexibility index (Phi) is 10.5. The van der Waals surface area contributed by atoms with E-state index < -0.39 is 6.09 Å². The van der Waals surface area contributed by atoms with Crippen LogP contribution in [-0.4, -0.2) is 57.9 Å². The first-order valence-corrected chi connectivity index (χ1v) is 4.67. The average Bonchev–Trinajstić information content (AvgIpc) is 2.22. The van der Waals surface area contributed by atoms with Crippen molar-refractivity contribution in [2.75, 3.05) is 46.7 Å². The molecule has 0 saturated heterocycles. The molecule has 0 aliphatic rings. The van der Waals surface area contributed by atoms with E-state index >= 15 is 0 Å². The molecule has 90 valence electrons. The van der Waals surface area contributed by atoms with Crippen molar-refractivity contribution in [3.8, 4) is 0 Å². The molecule has 0 heterocycles. The summed E-state index contributed by atoms with van der Waals surface area (Å²) in [6, 6.07) is 0. The molecular weight excluding hydrogens is 204 g/mol. The monoisotopic (exact) mass is 222 g/mol. The number of hydrogen-bond donors (Lipinski definition) is 3. The lowest BCUT2D eigenvalue weighted by Gasteiger charge is -2.06.